The minimum atomic E-state index is -0.350. The number of urea groups is 1. The molecule has 1 aliphatic rings. The summed E-state index contributed by atoms with van der Waals surface area (Å²) in [5.41, 5.74) is 1.25. The molecule has 2 amide bonds. The first-order valence-electron chi connectivity index (χ1n) is 6.94. The normalized spacial score (nSPS) is 13.1. The van der Waals surface area contributed by atoms with Crippen molar-refractivity contribution in [2.75, 3.05) is 23.8 Å². The van der Waals surface area contributed by atoms with Crippen LogP contribution in [0, 0.1) is 0 Å². The van der Waals surface area contributed by atoms with Gasteiger partial charge < -0.3 is 20.1 Å². The second-order valence-electron chi connectivity index (χ2n) is 4.80. The highest BCUT2D eigenvalue weighted by Gasteiger charge is 2.12. The van der Waals surface area contributed by atoms with E-state index in [1.54, 1.807) is 42.5 Å². The number of amides is 2. The molecule has 2 N–H and O–H groups in total. The van der Waals surface area contributed by atoms with E-state index in [1.807, 2.05) is 0 Å². The Kier molecular flexibility index (Phi) is 4.34. The van der Waals surface area contributed by atoms with Crippen LogP contribution in [0.3, 0.4) is 0 Å². The summed E-state index contributed by atoms with van der Waals surface area (Å²) in [4.78, 5) is 12.0. The molecule has 5 nitrogen and oxygen atoms in total. The second-order valence-corrected chi connectivity index (χ2v) is 5.24. The fourth-order valence-electron chi connectivity index (χ4n) is 2.10. The predicted octanol–water partition coefficient (Wildman–Crippen LogP) is 4.15. The van der Waals surface area contributed by atoms with Crippen LogP contribution in [0.25, 0.3) is 0 Å². The van der Waals surface area contributed by atoms with Crippen molar-refractivity contribution in [2.45, 2.75) is 6.42 Å². The predicted molar refractivity (Wildman–Crippen MR) is 86.1 cm³/mol. The Morgan fingerprint density at radius 1 is 0.955 bits per heavy atom. The van der Waals surface area contributed by atoms with Crippen LogP contribution in [0.5, 0.6) is 11.5 Å². The molecule has 22 heavy (non-hydrogen) atoms. The van der Waals surface area contributed by atoms with Gasteiger partial charge in [0, 0.05) is 28.9 Å². The summed E-state index contributed by atoms with van der Waals surface area (Å²) in [7, 11) is 0. The molecule has 0 spiro atoms. The summed E-state index contributed by atoms with van der Waals surface area (Å²) in [6.07, 6.45) is 0.840. The Bertz CT molecular complexity index is 691. The van der Waals surface area contributed by atoms with Gasteiger partial charge in [0.1, 0.15) is 0 Å². The van der Waals surface area contributed by atoms with E-state index in [0.29, 0.717) is 41.1 Å². The maximum Gasteiger partial charge on any atom is 0.323 e. The van der Waals surface area contributed by atoms with Crippen LogP contribution in [0.2, 0.25) is 5.02 Å². The molecule has 1 heterocycles. The highest BCUT2D eigenvalue weighted by Crippen LogP contribution is 2.32. The number of anilines is 2. The summed E-state index contributed by atoms with van der Waals surface area (Å²) in [5, 5.41) is 6.03. The first kappa shape index (κ1) is 14.5. The number of rotatable bonds is 2. The largest absolute Gasteiger partial charge is 0.490 e. The van der Waals surface area contributed by atoms with Crippen LogP contribution in [-0.4, -0.2) is 19.2 Å². The third kappa shape index (κ3) is 3.62. The van der Waals surface area contributed by atoms with Crippen LogP contribution in [0.1, 0.15) is 6.42 Å². The lowest BCUT2D eigenvalue weighted by atomic mass is 10.2. The van der Waals surface area contributed by atoms with E-state index >= 15 is 0 Å². The van der Waals surface area contributed by atoms with E-state index in [1.165, 1.54) is 0 Å². The fourth-order valence-corrected chi connectivity index (χ4v) is 2.29. The zero-order chi connectivity index (χ0) is 15.4. The lowest BCUT2D eigenvalue weighted by Crippen LogP contribution is -2.19. The number of carbonyl (C=O) groups excluding carboxylic acids is 1. The van der Waals surface area contributed by atoms with Crippen molar-refractivity contribution in [2.24, 2.45) is 0 Å². The molecule has 0 radical (unpaired) electrons. The Labute approximate surface area is 133 Å². The van der Waals surface area contributed by atoms with E-state index in [4.69, 9.17) is 21.1 Å². The number of halogens is 1. The van der Waals surface area contributed by atoms with Gasteiger partial charge in [0.2, 0.25) is 0 Å². The van der Waals surface area contributed by atoms with Gasteiger partial charge in [-0.25, -0.2) is 4.79 Å². The third-order valence-corrected chi connectivity index (χ3v) is 3.32. The fraction of sp³-hybridized carbons (Fsp3) is 0.188. The Hall–Kier alpha value is -2.40. The molecule has 0 unspecified atom stereocenters. The first-order chi connectivity index (χ1) is 10.7. The highest BCUT2D eigenvalue weighted by atomic mass is 35.5. The van der Waals surface area contributed by atoms with Gasteiger partial charge in [-0.3, -0.25) is 0 Å². The van der Waals surface area contributed by atoms with Crippen LogP contribution in [0.15, 0.2) is 42.5 Å². The van der Waals surface area contributed by atoms with E-state index in [9.17, 15) is 4.79 Å². The minimum Gasteiger partial charge on any atom is -0.490 e. The quantitative estimate of drug-likeness (QED) is 0.874. The first-order valence-corrected chi connectivity index (χ1v) is 7.32. The van der Waals surface area contributed by atoms with Gasteiger partial charge in [-0.05, 0) is 30.3 Å². The summed E-state index contributed by atoms with van der Waals surface area (Å²) in [5.74, 6) is 1.33. The van der Waals surface area contributed by atoms with E-state index in [0.717, 1.165) is 6.42 Å². The van der Waals surface area contributed by atoms with Gasteiger partial charge in [0.25, 0.3) is 0 Å². The van der Waals surface area contributed by atoms with Crippen molar-refractivity contribution in [3.8, 4) is 11.5 Å². The number of ether oxygens (including phenoxy) is 2. The molecule has 0 bridgehead atoms. The van der Waals surface area contributed by atoms with Crippen molar-refractivity contribution >= 4 is 29.0 Å². The topological polar surface area (TPSA) is 59.6 Å². The molecule has 114 valence electrons. The lowest BCUT2D eigenvalue weighted by Gasteiger charge is -2.11. The molecule has 1 aliphatic heterocycles. The summed E-state index contributed by atoms with van der Waals surface area (Å²) >= 11 is 5.88. The van der Waals surface area contributed by atoms with Crippen molar-refractivity contribution in [3.05, 3.63) is 47.5 Å². The van der Waals surface area contributed by atoms with E-state index in [2.05, 4.69) is 10.6 Å². The third-order valence-electron chi connectivity index (χ3n) is 3.09. The number of hydrogen-bond acceptors (Lipinski definition) is 3. The van der Waals surface area contributed by atoms with Crippen molar-refractivity contribution < 1.29 is 14.3 Å². The maximum atomic E-state index is 12.0. The summed E-state index contributed by atoms with van der Waals surface area (Å²) < 4.78 is 11.1. The molecule has 2 aromatic carbocycles. The van der Waals surface area contributed by atoms with Crippen LogP contribution >= 0.6 is 11.6 Å². The maximum absolute atomic E-state index is 12.0. The Morgan fingerprint density at radius 3 is 2.45 bits per heavy atom. The van der Waals surface area contributed by atoms with Crippen LogP contribution in [0.4, 0.5) is 16.2 Å². The van der Waals surface area contributed by atoms with Crippen molar-refractivity contribution in [1.82, 2.24) is 0 Å². The molecule has 0 aromatic heterocycles. The number of carbonyl (C=O) groups is 1. The van der Waals surface area contributed by atoms with Gasteiger partial charge in [-0.1, -0.05) is 17.7 Å². The van der Waals surface area contributed by atoms with Crippen molar-refractivity contribution in [3.63, 3.8) is 0 Å². The second kappa shape index (κ2) is 6.58. The molecule has 0 saturated heterocycles. The van der Waals surface area contributed by atoms with Gasteiger partial charge in [0.15, 0.2) is 11.5 Å². The molecule has 6 heteroatoms. The Morgan fingerprint density at radius 2 is 1.68 bits per heavy atom. The van der Waals surface area contributed by atoms with Crippen LogP contribution < -0.4 is 20.1 Å². The highest BCUT2D eigenvalue weighted by molar-refractivity contribution is 6.30. The SMILES string of the molecule is O=C(Nc1cccc(Cl)c1)Nc1ccc2c(c1)OCCCO2. The zero-order valence-corrected chi connectivity index (χ0v) is 12.5. The summed E-state index contributed by atoms with van der Waals surface area (Å²) in [6.45, 7) is 1.24. The zero-order valence-electron chi connectivity index (χ0n) is 11.8. The van der Waals surface area contributed by atoms with E-state index in [-0.39, 0.29) is 6.03 Å². The number of nitrogens with one attached hydrogen (secondary N) is 2. The Balaban J connectivity index is 1.67. The van der Waals surface area contributed by atoms with E-state index < -0.39 is 0 Å². The number of fused-ring (bicyclic) bond motifs is 1. The average Bonchev–Trinajstić information content (AvgIpc) is 2.72. The lowest BCUT2D eigenvalue weighted by molar-refractivity contribution is 0.262. The number of hydrogen-bond donors (Lipinski definition) is 2. The number of benzene rings is 2. The summed E-state index contributed by atoms with van der Waals surface area (Å²) in [6, 6.07) is 11.9. The molecular weight excluding hydrogens is 304 g/mol. The standard InChI is InChI=1S/C16H15ClN2O3/c17-11-3-1-4-12(9-11)18-16(20)19-13-5-6-14-15(10-13)22-8-2-7-21-14/h1,3-6,9-10H,2,7-8H2,(H2,18,19,20). The molecule has 3 rings (SSSR count). The van der Waals surface area contributed by atoms with Crippen LogP contribution in [-0.2, 0) is 0 Å². The molecule has 0 aliphatic carbocycles. The smallest absolute Gasteiger partial charge is 0.323 e. The molecule has 0 fully saturated rings. The monoisotopic (exact) mass is 318 g/mol. The van der Waals surface area contributed by atoms with Gasteiger partial charge in [0.05, 0.1) is 13.2 Å². The van der Waals surface area contributed by atoms with Gasteiger partial charge in [-0.15, -0.1) is 0 Å². The van der Waals surface area contributed by atoms with Gasteiger partial charge >= 0.3 is 6.03 Å². The molecular formula is C16H15ClN2O3. The van der Waals surface area contributed by atoms with Gasteiger partial charge in [-0.2, -0.15) is 0 Å². The molecule has 0 saturated carbocycles. The van der Waals surface area contributed by atoms with Crippen molar-refractivity contribution in [1.29, 1.82) is 0 Å². The molecule has 0 atom stereocenters. The average molecular weight is 319 g/mol. The minimum absolute atomic E-state index is 0.350. The molecule has 2 aromatic rings.